The van der Waals surface area contributed by atoms with Crippen LogP contribution >= 0.6 is 0 Å². The molecule has 0 radical (unpaired) electrons. The second kappa shape index (κ2) is 8.51. The second-order valence-corrected chi connectivity index (χ2v) is 9.08. The number of nitrogens with zero attached hydrogens (tertiary/aromatic N) is 4. The predicted octanol–water partition coefficient (Wildman–Crippen LogP) is 2.87. The SMILES string of the molecule is COc1ccc(C(=O)N2CC3(CN(Cc4ccccc4)CC3c3n[nH]c(C)n3)C2)c(OC)c1. The van der Waals surface area contributed by atoms with Crippen molar-refractivity contribution in [1.82, 2.24) is 25.0 Å². The minimum Gasteiger partial charge on any atom is -0.497 e. The molecule has 2 saturated heterocycles. The first-order valence-corrected chi connectivity index (χ1v) is 11.2. The highest BCUT2D eigenvalue weighted by atomic mass is 16.5. The Kier molecular flexibility index (Phi) is 5.54. The van der Waals surface area contributed by atoms with Crippen molar-refractivity contribution in [2.75, 3.05) is 40.4 Å². The molecule has 172 valence electrons. The first kappa shape index (κ1) is 21.5. The van der Waals surface area contributed by atoms with E-state index >= 15 is 0 Å². The molecule has 1 amide bonds. The number of ether oxygens (including phenoxy) is 2. The maximum absolute atomic E-state index is 13.3. The highest BCUT2D eigenvalue weighted by Gasteiger charge is 2.57. The standard InChI is InChI=1S/C25H29N5O3/c1-17-26-23(28-27-17)21-13-29(12-18-7-5-4-6-8-18)14-25(21)15-30(16-25)24(31)20-10-9-19(32-2)11-22(20)33-3/h4-11,21H,12-16H2,1-3H3,(H,26,27,28). The van der Waals surface area contributed by atoms with E-state index in [1.165, 1.54) is 5.56 Å². The van der Waals surface area contributed by atoms with Crippen molar-refractivity contribution >= 4 is 5.91 Å². The van der Waals surface area contributed by atoms with Crippen molar-refractivity contribution in [3.8, 4) is 11.5 Å². The van der Waals surface area contributed by atoms with Crippen LogP contribution in [0.5, 0.6) is 11.5 Å². The van der Waals surface area contributed by atoms with Gasteiger partial charge in [0.2, 0.25) is 0 Å². The van der Waals surface area contributed by atoms with Gasteiger partial charge in [0.05, 0.1) is 19.8 Å². The monoisotopic (exact) mass is 447 g/mol. The fourth-order valence-corrected chi connectivity index (χ4v) is 5.23. The number of likely N-dealkylation sites (tertiary alicyclic amines) is 2. The fourth-order valence-electron chi connectivity index (χ4n) is 5.23. The van der Waals surface area contributed by atoms with Gasteiger partial charge >= 0.3 is 0 Å². The van der Waals surface area contributed by atoms with Gasteiger partial charge in [0.15, 0.2) is 5.82 Å². The maximum atomic E-state index is 13.3. The molecule has 1 N–H and O–H groups in total. The Morgan fingerprint density at radius 1 is 1.12 bits per heavy atom. The number of methoxy groups -OCH3 is 2. The van der Waals surface area contributed by atoms with Gasteiger partial charge in [-0.25, -0.2) is 4.98 Å². The number of hydrogen-bond donors (Lipinski definition) is 1. The Hall–Kier alpha value is -3.39. The van der Waals surface area contributed by atoms with Crippen LogP contribution in [0.3, 0.4) is 0 Å². The lowest BCUT2D eigenvalue weighted by atomic mass is 9.71. The van der Waals surface area contributed by atoms with Gasteiger partial charge in [-0.05, 0) is 24.6 Å². The van der Waals surface area contributed by atoms with E-state index in [-0.39, 0.29) is 17.2 Å². The van der Waals surface area contributed by atoms with Gasteiger partial charge in [-0.2, -0.15) is 5.10 Å². The third-order valence-electron chi connectivity index (χ3n) is 6.83. The molecule has 1 unspecified atom stereocenters. The van der Waals surface area contributed by atoms with E-state index in [0.29, 0.717) is 30.2 Å². The molecular formula is C25H29N5O3. The number of aryl methyl sites for hydroxylation is 1. The minimum atomic E-state index is -0.0568. The third-order valence-corrected chi connectivity index (χ3v) is 6.83. The number of carbonyl (C=O) groups is 1. The molecule has 2 fully saturated rings. The molecule has 0 bridgehead atoms. The molecule has 33 heavy (non-hydrogen) atoms. The minimum absolute atomic E-state index is 0.0217. The smallest absolute Gasteiger partial charge is 0.257 e. The summed E-state index contributed by atoms with van der Waals surface area (Å²) in [6.45, 7) is 5.92. The first-order chi connectivity index (χ1) is 16.0. The number of carbonyl (C=O) groups excluding carboxylic acids is 1. The quantitative estimate of drug-likeness (QED) is 0.626. The molecule has 1 atom stereocenters. The van der Waals surface area contributed by atoms with Gasteiger partial charge in [0.1, 0.15) is 17.3 Å². The molecule has 2 aliphatic heterocycles. The molecule has 1 spiro atoms. The predicted molar refractivity (Wildman–Crippen MR) is 123 cm³/mol. The number of hydrogen-bond acceptors (Lipinski definition) is 6. The number of aromatic amines is 1. The lowest BCUT2D eigenvalue weighted by molar-refractivity contribution is 0.00159. The number of benzene rings is 2. The Balaban J connectivity index is 1.36. The van der Waals surface area contributed by atoms with E-state index < -0.39 is 0 Å². The van der Waals surface area contributed by atoms with E-state index in [4.69, 9.17) is 9.47 Å². The summed E-state index contributed by atoms with van der Waals surface area (Å²) in [5.41, 5.74) is 1.78. The molecule has 0 aliphatic carbocycles. The molecular weight excluding hydrogens is 418 g/mol. The Labute approximate surface area is 193 Å². The van der Waals surface area contributed by atoms with Gasteiger partial charge in [-0.15, -0.1) is 0 Å². The fraction of sp³-hybridized carbons (Fsp3) is 0.400. The zero-order valence-corrected chi connectivity index (χ0v) is 19.2. The topological polar surface area (TPSA) is 83.6 Å². The van der Waals surface area contributed by atoms with E-state index in [1.54, 1.807) is 32.4 Å². The molecule has 8 heteroatoms. The number of rotatable bonds is 6. The van der Waals surface area contributed by atoms with Gasteiger partial charge in [0, 0.05) is 50.1 Å². The normalized spacial score (nSPS) is 19.5. The van der Waals surface area contributed by atoms with Crippen LogP contribution in [0.25, 0.3) is 0 Å². The maximum Gasteiger partial charge on any atom is 0.257 e. The van der Waals surface area contributed by atoms with Crippen LogP contribution < -0.4 is 9.47 Å². The highest BCUT2D eigenvalue weighted by Crippen LogP contribution is 2.49. The largest absolute Gasteiger partial charge is 0.497 e. The molecule has 1 aromatic heterocycles. The molecule has 2 aliphatic rings. The van der Waals surface area contributed by atoms with Crippen LogP contribution in [0, 0.1) is 12.3 Å². The average molecular weight is 448 g/mol. The molecule has 3 aromatic rings. The van der Waals surface area contributed by atoms with Gasteiger partial charge < -0.3 is 14.4 Å². The van der Waals surface area contributed by atoms with Crippen LogP contribution in [0.2, 0.25) is 0 Å². The van der Waals surface area contributed by atoms with Crippen molar-refractivity contribution in [1.29, 1.82) is 0 Å². The zero-order chi connectivity index (χ0) is 23.0. The first-order valence-electron chi connectivity index (χ1n) is 11.2. The van der Waals surface area contributed by atoms with Crippen LogP contribution in [0.4, 0.5) is 0 Å². The number of nitrogens with one attached hydrogen (secondary N) is 1. The lowest BCUT2D eigenvalue weighted by Gasteiger charge is -2.50. The number of amides is 1. The summed E-state index contributed by atoms with van der Waals surface area (Å²) in [7, 11) is 3.17. The van der Waals surface area contributed by atoms with Gasteiger partial charge in [-0.1, -0.05) is 30.3 Å². The summed E-state index contributed by atoms with van der Waals surface area (Å²) >= 11 is 0. The molecule has 0 saturated carbocycles. The van der Waals surface area contributed by atoms with E-state index in [9.17, 15) is 4.79 Å². The number of H-pyrrole nitrogens is 1. The highest BCUT2D eigenvalue weighted by molar-refractivity contribution is 5.97. The molecule has 2 aromatic carbocycles. The van der Waals surface area contributed by atoms with Crippen molar-refractivity contribution in [3.63, 3.8) is 0 Å². The number of aromatic nitrogens is 3. The summed E-state index contributed by atoms with van der Waals surface area (Å²) in [5.74, 6) is 3.00. The second-order valence-electron chi connectivity index (χ2n) is 9.08. The van der Waals surface area contributed by atoms with Crippen molar-refractivity contribution in [2.24, 2.45) is 5.41 Å². The third kappa shape index (κ3) is 3.95. The zero-order valence-electron chi connectivity index (χ0n) is 19.2. The Morgan fingerprint density at radius 3 is 2.58 bits per heavy atom. The molecule has 3 heterocycles. The van der Waals surface area contributed by atoms with E-state index in [2.05, 4.69) is 44.3 Å². The van der Waals surface area contributed by atoms with Crippen molar-refractivity contribution < 1.29 is 14.3 Å². The van der Waals surface area contributed by atoms with Crippen molar-refractivity contribution in [3.05, 3.63) is 71.3 Å². The Morgan fingerprint density at radius 2 is 1.91 bits per heavy atom. The summed E-state index contributed by atoms with van der Waals surface area (Å²) in [5, 5.41) is 7.48. The molecule has 5 rings (SSSR count). The average Bonchev–Trinajstić information content (AvgIpc) is 3.41. The Bertz CT molecular complexity index is 1140. The van der Waals surface area contributed by atoms with Gasteiger partial charge in [0.25, 0.3) is 5.91 Å². The molecule has 8 nitrogen and oxygen atoms in total. The summed E-state index contributed by atoms with van der Waals surface area (Å²) in [6.07, 6.45) is 0. The van der Waals surface area contributed by atoms with Crippen LogP contribution in [0.1, 0.15) is 33.5 Å². The van der Waals surface area contributed by atoms with Crippen LogP contribution in [-0.2, 0) is 6.54 Å². The van der Waals surface area contributed by atoms with Crippen LogP contribution in [-0.4, -0.2) is 71.3 Å². The lowest BCUT2D eigenvalue weighted by Crippen LogP contribution is -2.61. The summed E-state index contributed by atoms with van der Waals surface area (Å²) in [6, 6.07) is 15.8. The van der Waals surface area contributed by atoms with Crippen molar-refractivity contribution in [2.45, 2.75) is 19.4 Å². The van der Waals surface area contributed by atoms with Gasteiger partial charge in [-0.3, -0.25) is 14.8 Å². The van der Waals surface area contributed by atoms with E-state index in [1.807, 2.05) is 17.9 Å². The summed E-state index contributed by atoms with van der Waals surface area (Å²) in [4.78, 5) is 22.3. The van der Waals surface area contributed by atoms with E-state index in [0.717, 1.165) is 31.3 Å². The van der Waals surface area contributed by atoms with Crippen LogP contribution in [0.15, 0.2) is 48.5 Å². The summed E-state index contributed by atoms with van der Waals surface area (Å²) < 4.78 is 10.7.